The second kappa shape index (κ2) is 5.73. The Hall–Kier alpha value is -2.46. The second-order valence-corrected chi connectivity index (χ2v) is 5.30. The lowest BCUT2D eigenvalue weighted by Gasteiger charge is -2.10. The predicted octanol–water partition coefficient (Wildman–Crippen LogP) is 4.32. The van der Waals surface area contributed by atoms with Crippen LogP contribution in [0.5, 0.6) is 0 Å². The summed E-state index contributed by atoms with van der Waals surface area (Å²) >= 11 is 5.76. The van der Waals surface area contributed by atoms with Gasteiger partial charge in [0.15, 0.2) is 0 Å². The highest BCUT2D eigenvalue weighted by Gasteiger charge is 2.16. The van der Waals surface area contributed by atoms with E-state index in [1.807, 2.05) is 6.07 Å². The van der Waals surface area contributed by atoms with Gasteiger partial charge in [0, 0.05) is 11.6 Å². The molecule has 22 heavy (non-hydrogen) atoms. The smallest absolute Gasteiger partial charge is 0.338 e. The number of fused-ring (bicyclic) bond motifs is 1. The third kappa shape index (κ3) is 2.65. The maximum absolute atomic E-state index is 14.3. The van der Waals surface area contributed by atoms with Crippen molar-refractivity contribution in [1.82, 2.24) is 4.98 Å². The summed E-state index contributed by atoms with van der Waals surface area (Å²) in [6.45, 7) is 0. The monoisotopic (exact) mass is 315 g/mol. The van der Waals surface area contributed by atoms with Crippen molar-refractivity contribution in [3.63, 3.8) is 0 Å². The summed E-state index contributed by atoms with van der Waals surface area (Å²) in [5.74, 6) is -1.99. The molecule has 3 aromatic rings. The molecule has 0 saturated carbocycles. The quantitative estimate of drug-likeness (QED) is 0.732. The average Bonchev–Trinajstić information content (AvgIpc) is 2.52. The number of halogens is 2. The SMILES string of the molecule is O=C(O)c1cc(Cc2ccc(Cl)nc2)c2ccccc2c1F. The summed E-state index contributed by atoms with van der Waals surface area (Å²) in [5.41, 5.74) is 1.28. The molecular formula is C17H11ClFNO2. The van der Waals surface area contributed by atoms with Crippen molar-refractivity contribution in [2.45, 2.75) is 6.42 Å². The molecule has 0 spiro atoms. The van der Waals surface area contributed by atoms with Crippen LogP contribution < -0.4 is 0 Å². The number of carboxylic acid groups (broad SMARTS) is 1. The fraction of sp³-hybridized carbons (Fsp3) is 0.0588. The Balaban J connectivity index is 2.17. The van der Waals surface area contributed by atoms with E-state index in [0.717, 1.165) is 11.1 Å². The van der Waals surface area contributed by atoms with Gasteiger partial charge in [-0.2, -0.15) is 0 Å². The minimum absolute atomic E-state index is 0.305. The average molecular weight is 316 g/mol. The summed E-state index contributed by atoms with van der Waals surface area (Å²) in [5, 5.41) is 10.6. The molecule has 110 valence electrons. The van der Waals surface area contributed by atoms with Crippen molar-refractivity contribution in [1.29, 1.82) is 0 Å². The largest absolute Gasteiger partial charge is 0.478 e. The van der Waals surface area contributed by atoms with Crippen LogP contribution in [0.25, 0.3) is 10.8 Å². The Morgan fingerprint density at radius 2 is 1.91 bits per heavy atom. The number of hydrogen-bond donors (Lipinski definition) is 1. The Morgan fingerprint density at radius 3 is 2.55 bits per heavy atom. The van der Waals surface area contributed by atoms with E-state index in [2.05, 4.69) is 4.98 Å². The van der Waals surface area contributed by atoms with Crippen molar-refractivity contribution < 1.29 is 14.3 Å². The van der Waals surface area contributed by atoms with Gasteiger partial charge >= 0.3 is 5.97 Å². The summed E-state index contributed by atoms with van der Waals surface area (Å²) in [7, 11) is 0. The van der Waals surface area contributed by atoms with E-state index in [0.29, 0.717) is 22.3 Å². The van der Waals surface area contributed by atoms with Crippen LogP contribution in [0.2, 0.25) is 5.15 Å². The summed E-state index contributed by atoms with van der Waals surface area (Å²) < 4.78 is 14.3. The number of aromatic carboxylic acids is 1. The zero-order valence-corrected chi connectivity index (χ0v) is 12.1. The molecule has 3 nitrogen and oxygen atoms in total. The Morgan fingerprint density at radius 1 is 1.18 bits per heavy atom. The van der Waals surface area contributed by atoms with Gasteiger partial charge in [-0.15, -0.1) is 0 Å². The molecule has 3 rings (SSSR count). The molecule has 0 aliphatic rings. The van der Waals surface area contributed by atoms with E-state index < -0.39 is 11.8 Å². The summed E-state index contributed by atoms with van der Waals surface area (Å²) in [6, 6.07) is 11.7. The molecule has 0 bridgehead atoms. The van der Waals surface area contributed by atoms with Crippen molar-refractivity contribution in [3.8, 4) is 0 Å². The third-order valence-electron chi connectivity index (χ3n) is 3.48. The molecule has 0 aliphatic heterocycles. The van der Waals surface area contributed by atoms with Crippen LogP contribution in [0.15, 0.2) is 48.7 Å². The number of pyridine rings is 1. The summed E-state index contributed by atoms with van der Waals surface area (Å²) in [6.07, 6.45) is 2.08. The van der Waals surface area contributed by atoms with Crippen LogP contribution >= 0.6 is 11.6 Å². The van der Waals surface area contributed by atoms with E-state index in [4.69, 9.17) is 11.6 Å². The van der Waals surface area contributed by atoms with Gasteiger partial charge in [-0.1, -0.05) is 41.9 Å². The maximum atomic E-state index is 14.3. The molecule has 0 aliphatic carbocycles. The fourth-order valence-corrected chi connectivity index (χ4v) is 2.56. The number of carbonyl (C=O) groups is 1. The van der Waals surface area contributed by atoms with Crippen LogP contribution in [0.4, 0.5) is 4.39 Å². The molecule has 0 fully saturated rings. The molecule has 0 amide bonds. The van der Waals surface area contributed by atoms with Crippen molar-refractivity contribution >= 4 is 28.3 Å². The first-order chi connectivity index (χ1) is 10.6. The van der Waals surface area contributed by atoms with Gasteiger partial charge in [0.25, 0.3) is 0 Å². The molecule has 0 atom stereocenters. The number of carboxylic acids is 1. The van der Waals surface area contributed by atoms with Crippen LogP contribution in [-0.2, 0) is 6.42 Å². The number of hydrogen-bond acceptors (Lipinski definition) is 2. The third-order valence-corrected chi connectivity index (χ3v) is 3.70. The van der Waals surface area contributed by atoms with Gasteiger partial charge in [0.05, 0.1) is 5.56 Å². The molecule has 2 aromatic carbocycles. The lowest BCUT2D eigenvalue weighted by molar-refractivity contribution is 0.0692. The van der Waals surface area contributed by atoms with E-state index >= 15 is 0 Å². The molecule has 5 heteroatoms. The van der Waals surface area contributed by atoms with E-state index in [-0.39, 0.29) is 5.56 Å². The normalized spacial score (nSPS) is 10.8. The highest BCUT2D eigenvalue weighted by atomic mass is 35.5. The summed E-state index contributed by atoms with van der Waals surface area (Å²) in [4.78, 5) is 15.3. The maximum Gasteiger partial charge on any atom is 0.338 e. The standard InChI is InChI=1S/C17H11ClFNO2/c18-15-6-5-10(9-20-15)7-11-8-14(17(21)22)16(19)13-4-2-1-3-12(11)13/h1-6,8-9H,7H2,(H,21,22). The molecule has 1 N–H and O–H groups in total. The fourth-order valence-electron chi connectivity index (χ4n) is 2.45. The predicted molar refractivity (Wildman–Crippen MR) is 82.9 cm³/mol. The van der Waals surface area contributed by atoms with Crippen molar-refractivity contribution in [3.05, 3.63) is 76.3 Å². The van der Waals surface area contributed by atoms with Gasteiger partial charge in [0.2, 0.25) is 0 Å². The Labute approximate surface area is 131 Å². The number of aromatic nitrogens is 1. The van der Waals surface area contributed by atoms with Gasteiger partial charge in [-0.25, -0.2) is 14.2 Å². The molecule has 0 saturated heterocycles. The minimum atomic E-state index is -1.28. The van der Waals surface area contributed by atoms with E-state index in [1.54, 1.807) is 36.5 Å². The van der Waals surface area contributed by atoms with E-state index in [1.165, 1.54) is 6.07 Å². The molecular weight excluding hydrogens is 305 g/mol. The number of benzene rings is 2. The Kier molecular flexibility index (Phi) is 3.77. The first kappa shape index (κ1) is 14.5. The molecule has 0 radical (unpaired) electrons. The zero-order chi connectivity index (χ0) is 15.7. The van der Waals surface area contributed by atoms with Gasteiger partial charge in [0.1, 0.15) is 11.0 Å². The van der Waals surface area contributed by atoms with Crippen molar-refractivity contribution in [2.75, 3.05) is 0 Å². The van der Waals surface area contributed by atoms with Gasteiger partial charge < -0.3 is 5.11 Å². The molecule has 0 unspecified atom stereocenters. The number of rotatable bonds is 3. The lowest BCUT2D eigenvalue weighted by Crippen LogP contribution is -2.04. The zero-order valence-electron chi connectivity index (χ0n) is 11.4. The molecule has 1 heterocycles. The highest BCUT2D eigenvalue weighted by Crippen LogP contribution is 2.27. The van der Waals surface area contributed by atoms with Gasteiger partial charge in [-0.3, -0.25) is 0 Å². The van der Waals surface area contributed by atoms with Crippen LogP contribution in [0, 0.1) is 5.82 Å². The minimum Gasteiger partial charge on any atom is -0.478 e. The Bertz CT molecular complexity index is 862. The van der Waals surface area contributed by atoms with Crippen molar-refractivity contribution in [2.24, 2.45) is 0 Å². The van der Waals surface area contributed by atoms with Crippen LogP contribution in [0.3, 0.4) is 0 Å². The highest BCUT2D eigenvalue weighted by molar-refractivity contribution is 6.29. The van der Waals surface area contributed by atoms with E-state index in [9.17, 15) is 14.3 Å². The first-order valence-corrected chi connectivity index (χ1v) is 6.98. The molecule has 1 aromatic heterocycles. The second-order valence-electron chi connectivity index (χ2n) is 4.91. The van der Waals surface area contributed by atoms with Crippen LogP contribution in [0.1, 0.15) is 21.5 Å². The lowest BCUT2D eigenvalue weighted by atomic mass is 9.96. The van der Waals surface area contributed by atoms with Gasteiger partial charge in [-0.05, 0) is 35.1 Å². The first-order valence-electron chi connectivity index (χ1n) is 6.60. The topological polar surface area (TPSA) is 50.2 Å². The number of nitrogens with zero attached hydrogens (tertiary/aromatic N) is 1. The van der Waals surface area contributed by atoms with Crippen LogP contribution in [-0.4, -0.2) is 16.1 Å².